The van der Waals surface area contributed by atoms with Gasteiger partial charge in [-0.3, -0.25) is 14.5 Å². The maximum atomic E-state index is 13.0. The average Bonchev–Trinajstić information content (AvgIpc) is 3.60. The highest BCUT2D eigenvalue weighted by Gasteiger charge is 2.25. The molecule has 8 heteroatoms. The first-order chi connectivity index (χ1) is 16.6. The van der Waals surface area contributed by atoms with Crippen LogP contribution in [0.5, 0.6) is 0 Å². The van der Waals surface area contributed by atoms with E-state index in [0.29, 0.717) is 30.3 Å². The highest BCUT2D eigenvalue weighted by molar-refractivity contribution is 7.14. The molecular weight excluding hydrogens is 446 g/mol. The van der Waals surface area contributed by atoms with Gasteiger partial charge in [0.25, 0.3) is 0 Å². The van der Waals surface area contributed by atoms with E-state index in [9.17, 15) is 9.59 Å². The summed E-state index contributed by atoms with van der Waals surface area (Å²) in [6.45, 7) is 1.13. The van der Waals surface area contributed by atoms with Crippen molar-refractivity contribution in [2.45, 2.75) is 25.8 Å². The Labute approximate surface area is 202 Å². The molecule has 5 rings (SSSR count). The van der Waals surface area contributed by atoms with Crippen molar-refractivity contribution < 1.29 is 9.59 Å². The van der Waals surface area contributed by atoms with Crippen molar-refractivity contribution in [2.24, 2.45) is 0 Å². The molecule has 2 amide bonds. The van der Waals surface area contributed by atoms with Crippen LogP contribution >= 0.6 is 11.3 Å². The van der Waals surface area contributed by atoms with E-state index in [1.54, 1.807) is 16.8 Å². The molecule has 0 unspecified atom stereocenters. The van der Waals surface area contributed by atoms with Crippen LogP contribution in [0.25, 0.3) is 16.9 Å². The number of amides is 2. The lowest BCUT2D eigenvalue weighted by Gasteiger charge is -2.16. The van der Waals surface area contributed by atoms with Crippen LogP contribution in [0.15, 0.2) is 72.2 Å². The molecule has 0 radical (unpaired) electrons. The van der Waals surface area contributed by atoms with Crippen LogP contribution in [0.3, 0.4) is 0 Å². The zero-order valence-electron chi connectivity index (χ0n) is 18.9. The second kappa shape index (κ2) is 9.61. The molecule has 1 fully saturated rings. The van der Waals surface area contributed by atoms with E-state index < -0.39 is 0 Å². The highest BCUT2D eigenvalue weighted by Crippen LogP contribution is 2.27. The first-order valence-corrected chi connectivity index (χ1v) is 12.1. The summed E-state index contributed by atoms with van der Waals surface area (Å²) >= 11 is 1.42. The Morgan fingerprint density at radius 1 is 1.09 bits per heavy atom. The number of aromatic nitrogens is 3. The second-order valence-electron chi connectivity index (χ2n) is 8.35. The van der Waals surface area contributed by atoms with Gasteiger partial charge in [0.2, 0.25) is 11.8 Å². The topological polar surface area (TPSA) is 71.3 Å². The third-order valence-electron chi connectivity index (χ3n) is 5.87. The summed E-state index contributed by atoms with van der Waals surface area (Å²) in [5, 5.41) is 7.39. The number of carbonyl (C=O) groups is 2. The third kappa shape index (κ3) is 4.63. The maximum Gasteiger partial charge on any atom is 0.228 e. The van der Waals surface area contributed by atoms with Gasteiger partial charge in [0.05, 0.1) is 23.5 Å². The number of rotatable bonds is 7. The average molecular weight is 472 g/mol. The first-order valence-electron chi connectivity index (χ1n) is 11.3. The van der Waals surface area contributed by atoms with Crippen LogP contribution in [-0.4, -0.2) is 45.1 Å². The molecule has 2 aromatic carbocycles. The zero-order valence-corrected chi connectivity index (χ0v) is 19.7. The van der Waals surface area contributed by atoms with E-state index in [4.69, 9.17) is 5.10 Å². The molecule has 1 aliphatic heterocycles. The largest absolute Gasteiger partial charge is 0.341 e. The van der Waals surface area contributed by atoms with E-state index in [0.717, 1.165) is 28.9 Å². The third-order valence-corrected chi connectivity index (χ3v) is 6.78. The summed E-state index contributed by atoms with van der Waals surface area (Å²) < 4.78 is 1.86. The molecule has 4 aromatic rings. The molecule has 34 heavy (non-hydrogen) atoms. The normalized spacial score (nSPS) is 13.4. The van der Waals surface area contributed by atoms with Gasteiger partial charge in [0.1, 0.15) is 0 Å². The minimum absolute atomic E-state index is 0.0314. The Bertz CT molecular complexity index is 1300. The molecule has 0 bridgehead atoms. The Hall–Kier alpha value is -3.78. The summed E-state index contributed by atoms with van der Waals surface area (Å²) in [6.07, 6.45) is 3.61. The molecule has 2 aromatic heterocycles. The van der Waals surface area contributed by atoms with Crippen LogP contribution in [0.2, 0.25) is 0 Å². The number of thiazole rings is 1. The van der Waals surface area contributed by atoms with E-state index in [-0.39, 0.29) is 18.2 Å². The second-order valence-corrected chi connectivity index (χ2v) is 9.18. The van der Waals surface area contributed by atoms with Gasteiger partial charge in [0, 0.05) is 49.3 Å². The summed E-state index contributed by atoms with van der Waals surface area (Å²) in [6, 6.07) is 19.9. The molecule has 3 heterocycles. The Morgan fingerprint density at radius 2 is 1.82 bits per heavy atom. The quantitative estimate of drug-likeness (QED) is 0.402. The highest BCUT2D eigenvalue weighted by atomic mass is 32.1. The number of benzene rings is 2. The predicted octanol–water partition coefficient (Wildman–Crippen LogP) is 4.32. The molecule has 0 saturated carbocycles. The Balaban J connectivity index is 1.34. The lowest BCUT2D eigenvalue weighted by atomic mass is 10.1. The molecule has 0 atom stereocenters. The minimum atomic E-state index is -0.0314. The maximum absolute atomic E-state index is 13.0. The molecular formula is C26H25N5O2S. The fourth-order valence-corrected chi connectivity index (χ4v) is 4.93. The lowest BCUT2D eigenvalue weighted by molar-refractivity contribution is -0.129. The van der Waals surface area contributed by atoms with Crippen LogP contribution in [0.1, 0.15) is 24.1 Å². The van der Waals surface area contributed by atoms with E-state index >= 15 is 0 Å². The summed E-state index contributed by atoms with van der Waals surface area (Å²) in [5.74, 6) is 0.0734. The van der Waals surface area contributed by atoms with Crippen LogP contribution < -0.4 is 4.90 Å². The van der Waals surface area contributed by atoms with Gasteiger partial charge in [-0.15, -0.1) is 11.3 Å². The standard InChI is InChI=1S/C26H25N5O2S/c1-29(24(33)15-21-18-34-26(27-21)30-14-8-13-23(30)32)16-20-17-31(22-11-6-3-7-12-22)28-25(20)19-9-4-2-5-10-19/h2-7,9-12,17-18H,8,13-16H2,1H3. The molecule has 0 aliphatic carbocycles. The Kier molecular flexibility index (Phi) is 6.22. The number of anilines is 1. The Morgan fingerprint density at radius 3 is 2.53 bits per heavy atom. The molecule has 172 valence electrons. The van der Waals surface area contributed by atoms with Crippen molar-refractivity contribution in [3.8, 4) is 16.9 Å². The van der Waals surface area contributed by atoms with Gasteiger partial charge < -0.3 is 4.90 Å². The van der Waals surface area contributed by atoms with Gasteiger partial charge in [0.15, 0.2) is 5.13 Å². The van der Waals surface area contributed by atoms with Crippen molar-refractivity contribution in [2.75, 3.05) is 18.5 Å². The molecule has 7 nitrogen and oxygen atoms in total. The van der Waals surface area contributed by atoms with Crippen molar-refractivity contribution in [3.05, 3.63) is 83.5 Å². The SMILES string of the molecule is CN(Cc1cn(-c2ccccc2)nc1-c1ccccc1)C(=O)Cc1csc(N2CCCC2=O)n1. The van der Waals surface area contributed by atoms with Crippen molar-refractivity contribution in [1.29, 1.82) is 0 Å². The van der Waals surface area contributed by atoms with E-state index in [1.807, 2.05) is 76.9 Å². The summed E-state index contributed by atoms with van der Waals surface area (Å²) in [5.41, 5.74) is 4.48. The lowest BCUT2D eigenvalue weighted by Crippen LogP contribution is -2.28. The van der Waals surface area contributed by atoms with Crippen LogP contribution in [-0.2, 0) is 22.6 Å². The van der Waals surface area contributed by atoms with Gasteiger partial charge in [-0.2, -0.15) is 5.10 Å². The van der Waals surface area contributed by atoms with Gasteiger partial charge in [-0.05, 0) is 18.6 Å². The zero-order chi connectivity index (χ0) is 23.5. The first kappa shape index (κ1) is 22.0. The van der Waals surface area contributed by atoms with Crippen molar-refractivity contribution in [3.63, 3.8) is 0 Å². The number of carbonyl (C=O) groups excluding carboxylic acids is 2. The van der Waals surface area contributed by atoms with Gasteiger partial charge in [-0.1, -0.05) is 48.5 Å². The molecule has 0 spiro atoms. The van der Waals surface area contributed by atoms with Crippen molar-refractivity contribution in [1.82, 2.24) is 19.7 Å². The van der Waals surface area contributed by atoms with Gasteiger partial charge in [-0.25, -0.2) is 9.67 Å². The minimum Gasteiger partial charge on any atom is -0.341 e. The van der Waals surface area contributed by atoms with Crippen LogP contribution in [0, 0.1) is 0 Å². The fourth-order valence-electron chi connectivity index (χ4n) is 4.06. The smallest absolute Gasteiger partial charge is 0.228 e. The number of para-hydroxylation sites is 1. The number of hydrogen-bond acceptors (Lipinski definition) is 5. The fraction of sp³-hybridized carbons (Fsp3) is 0.231. The predicted molar refractivity (Wildman–Crippen MR) is 133 cm³/mol. The molecule has 1 saturated heterocycles. The van der Waals surface area contributed by atoms with Gasteiger partial charge >= 0.3 is 0 Å². The summed E-state index contributed by atoms with van der Waals surface area (Å²) in [4.78, 5) is 33.0. The molecule has 0 N–H and O–H groups in total. The number of likely N-dealkylation sites (N-methyl/N-ethyl adjacent to an activating group) is 1. The number of nitrogens with zero attached hydrogens (tertiary/aromatic N) is 5. The molecule has 1 aliphatic rings. The van der Waals surface area contributed by atoms with E-state index in [1.165, 1.54) is 11.3 Å². The van der Waals surface area contributed by atoms with Crippen LogP contribution in [0.4, 0.5) is 5.13 Å². The monoisotopic (exact) mass is 471 g/mol. The van der Waals surface area contributed by atoms with E-state index in [2.05, 4.69) is 4.98 Å². The number of hydrogen-bond donors (Lipinski definition) is 0. The van der Waals surface area contributed by atoms with Crippen molar-refractivity contribution >= 4 is 28.3 Å². The summed E-state index contributed by atoms with van der Waals surface area (Å²) in [7, 11) is 1.80.